The summed E-state index contributed by atoms with van der Waals surface area (Å²) in [4.78, 5) is 47.5. The molecule has 0 unspecified atom stereocenters. The zero-order valence-corrected chi connectivity index (χ0v) is 91.8. The highest BCUT2D eigenvalue weighted by molar-refractivity contribution is 6.00. The molecule has 7 N–H and O–H groups in total. The average molecular weight is 2000 g/mol. The summed E-state index contributed by atoms with van der Waals surface area (Å²) in [5.74, 6) is 5.79. The lowest BCUT2D eigenvalue weighted by Crippen LogP contribution is -2.49. The van der Waals surface area contributed by atoms with E-state index in [-0.39, 0.29) is 107 Å². The molecule has 0 spiro atoms. The fraction of sp³-hybridized carbons (Fsp3) is 0.559. The molecule has 22 nitrogen and oxygen atoms in total. The summed E-state index contributed by atoms with van der Waals surface area (Å²) in [6, 6.07) is 46.4. The van der Waals surface area contributed by atoms with E-state index in [1.807, 2.05) is 183 Å². The Labute approximate surface area is 856 Å². The van der Waals surface area contributed by atoms with Crippen LogP contribution in [0.3, 0.4) is 0 Å². The summed E-state index contributed by atoms with van der Waals surface area (Å²) in [5.41, 5.74) is 5.01. The van der Waals surface area contributed by atoms with Gasteiger partial charge in [0.05, 0.1) is 0 Å². The summed E-state index contributed by atoms with van der Waals surface area (Å²) in [5, 5.41) is 26.5. The Morgan fingerprint density at radius 2 is 0.590 bits per heavy atom. The first-order chi connectivity index (χ1) is 67.8. The molecule has 0 radical (unpaired) electrons. The van der Waals surface area contributed by atoms with Crippen LogP contribution in [0.5, 0.6) is 46.0 Å². The average Bonchev–Trinajstić information content (AvgIpc) is 1.66. The molecule has 26 heteroatoms. The number of nitrogens with one attached hydrogen (secondary N) is 7. The summed E-state index contributed by atoms with van der Waals surface area (Å²) < 4.78 is 117. The molecule has 7 aromatic carbocycles. The van der Waals surface area contributed by atoms with Crippen molar-refractivity contribution < 1.29 is 87.9 Å². The topological polar surface area (TPSA) is 266 Å². The maximum absolute atomic E-state index is 13.7. The molecular formula is C118H171F4N7O15. The Morgan fingerprint density at radius 1 is 0.299 bits per heavy atom. The summed E-state index contributed by atoms with van der Waals surface area (Å²) in [6.07, 6.45) is 6.59. The number of hydrogen-bond donors (Lipinski definition) is 7. The Morgan fingerprint density at radius 3 is 0.924 bits per heavy atom. The van der Waals surface area contributed by atoms with Gasteiger partial charge in [-0.1, -0.05) is 194 Å². The van der Waals surface area contributed by atoms with E-state index < -0.39 is 5.82 Å². The maximum Gasteiger partial charge on any atom is 0.200 e. The number of benzene rings is 7. The minimum atomic E-state index is -0.425. The predicted octanol–water partition coefficient (Wildman–Crippen LogP) is 26.5. The quantitative estimate of drug-likeness (QED) is 0.0106. The zero-order valence-electron chi connectivity index (χ0n) is 91.8. The maximum atomic E-state index is 13.7. The molecule has 3 fully saturated rings. The van der Waals surface area contributed by atoms with Crippen LogP contribution in [0.4, 0.5) is 17.6 Å². The van der Waals surface area contributed by atoms with Crippen molar-refractivity contribution in [3.05, 3.63) is 203 Å². The van der Waals surface area contributed by atoms with Gasteiger partial charge >= 0.3 is 0 Å². The van der Waals surface area contributed by atoms with E-state index in [2.05, 4.69) is 148 Å². The first-order valence-corrected chi connectivity index (χ1v) is 52.2. The predicted molar refractivity (Wildman–Crippen MR) is 575 cm³/mol. The van der Waals surface area contributed by atoms with E-state index in [1.54, 1.807) is 36.4 Å². The highest BCUT2D eigenvalue weighted by atomic mass is 19.1. The van der Waals surface area contributed by atoms with Gasteiger partial charge < -0.3 is 88.4 Å². The molecule has 3 atom stereocenters. The van der Waals surface area contributed by atoms with Crippen molar-refractivity contribution in [2.75, 3.05) is 39.4 Å². The van der Waals surface area contributed by atoms with Gasteiger partial charge in [-0.05, 0) is 185 Å². The van der Waals surface area contributed by atoms with Gasteiger partial charge in [0.2, 0.25) is 17.3 Å². The highest BCUT2D eigenvalue weighted by Gasteiger charge is 2.34. The lowest BCUT2D eigenvalue weighted by molar-refractivity contribution is -0.123. The van der Waals surface area contributed by atoms with Gasteiger partial charge in [0.1, 0.15) is 136 Å². The number of carbonyl (C=O) groups excluding carboxylic acids is 4. The molecule has 144 heavy (non-hydrogen) atoms. The number of Topliss-reactive ketones (excluding diaryl/α,β-unsaturated/α-hetero) is 4. The standard InChI is InChI=1S/C19H25NO3.C18H26FNO3.C18H25NO3.C17H23NO3.C16H24FNO.2C15H24FNO/c1-11(2)19(21)18-7-13-5-6-15(10-17(13)23-18)22-16-8-14(9-16)20-12(3)4;1-11(2)18(21)10-22-15-5-13(19)6-16(9-15)23-17-7-14(8-17)20-12(3)4;1-11(2)18(20)17-8-14-6-7-15(9-16(14)22-17)21-13(5)10-19-12(3)4;1-11(2)17(19)16-9-13-5-6-14(10-15(13)21-16)20-8-7-18-12(3)4;1-10(2)12-5-13(17)7-15(6-12)19-16-8-14(9-16)18-11(3)4;2*1-10(2)13-6-14(16)8-15(7-13)18-12(5)9-17-11(3)4/h5-7,10-12,14,16,20H,8-9H2,1-4H3;5-6,9,11-12,14,17,20H,7-8,10H2,1-4H3;6-9,11-13,19H,10H2,1-5H3;5-6,9-12,18H,7-8H2,1-4H3;5-7,10-11,14,16,18H,8-9H2,1-4H3;2*6-8,10-12,17H,9H2,1-5H3/t;;13-;;;2*12-/m..1..10/s1. The molecule has 3 saturated carbocycles. The van der Waals surface area contributed by atoms with E-state index >= 15 is 0 Å². The molecule has 13 rings (SSSR count). The Bertz CT molecular complexity index is 5470. The number of fused-ring (bicyclic) bond motifs is 3. The molecule has 3 aromatic heterocycles. The fourth-order valence-corrected chi connectivity index (χ4v) is 15.4. The van der Waals surface area contributed by atoms with Crippen LogP contribution in [-0.4, -0.2) is 160 Å². The van der Waals surface area contributed by atoms with Crippen LogP contribution < -0.4 is 75.1 Å². The van der Waals surface area contributed by atoms with E-state index in [4.69, 9.17) is 51.1 Å². The summed E-state index contributed by atoms with van der Waals surface area (Å²) in [6.45, 7) is 66.4. The molecule has 0 saturated heterocycles. The van der Waals surface area contributed by atoms with Crippen molar-refractivity contribution in [1.29, 1.82) is 0 Å². The molecule has 0 aliphatic heterocycles. The second-order valence-electron chi connectivity index (χ2n) is 42.8. The Hall–Kier alpha value is -10.3. The normalized spacial score (nSPS) is 16.6. The van der Waals surface area contributed by atoms with Crippen LogP contribution in [0.25, 0.3) is 32.9 Å². The fourth-order valence-electron chi connectivity index (χ4n) is 15.4. The van der Waals surface area contributed by atoms with Gasteiger partial charge in [-0.3, -0.25) is 19.2 Å². The Kier molecular flexibility index (Phi) is 49.8. The molecule has 3 heterocycles. The number of furan rings is 3. The van der Waals surface area contributed by atoms with Crippen molar-refractivity contribution in [3.63, 3.8) is 0 Å². The van der Waals surface area contributed by atoms with Gasteiger partial charge in [0.15, 0.2) is 23.1 Å². The summed E-state index contributed by atoms with van der Waals surface area (Å²) in [7, 11) is 0. The van der Waals surface area contributed by atoms with Crippen LogP contribution in [-0.2, 0) is 4.79 Å². The Balaban J connectivity index is 0.000000228. The van der Waals surface area contributed by atoms with Crippen molar-refractivity contribution in [2.45, 2.75) is 368 Å². The third kappa shape index (κ3) is 43.4. The first kappa shape index (κ1) is 121. The molecule has 0 bridgehead atoms. The molecular weight excluding hydrogens is 1830 g/mol. The minimum Gasteiger partial charge on any atom is -0.492 e. The number of halogens is 4. The van der Waals surface area contributed by atoms with E-state index in [1.165, 1.54) is 30.3 Å². The van der Waals surface area contributed by atoms with Gasteiger partial charge in [-0.25, -0.2) is 17.6 Å². The number of carbonyl (C=O) groups is 4. The lowest BCUT2D eigenvalue weighted by atomic mass is 9.88. The molecule has 796 valence electrons. The number of ketones is 4. The monoisotopic (exact) mass is 2000 g/mol. The van der Waals surface area contributed by atoms with Gasteiger partial charge in [0.25, 0.3) is 0 Å². The third-order valence-corrected chi connectivity index (χ3v) is 23.6. The SMILES string of the molecule is CC(C)NC1CC(Oc2cc(F)cc(C(C)C)c2)C1.CC(C)NC1CC(Oc2cc(F)cc(OCC(=O)C(C)C)c2)C1.CC(C)NC1CC(Oc2ccc3cc(C(=O)C(C)C)oc3c2)C1.CC(C)NCCOc1ccc2cc(C(=O)C(C)C)oc2c1.CC(C)NC[C@@H](C)Oc1cc(F)cc(C(C)C)c1.CC(C)NC[C@@H](C)Oc1ccc2cc(C(=O)C(C)C)oc2c1.CC(C)NC[C@H](C)Oc1cc(F)cc(C(C)C)c1. The summed E-state index contributed by atoms with van der Waals surface area (Å²) >= 11 is 0. The van der Waals surface area contributed by atoms with Crippen LogP contribution in [0.2, 0.25) is 0 Å². The molecule has 3 aliphatic carbocycles. The van der Waals surface area contributed by atoms with Gasteiger partial charge in [-0.15, -0.1) is 0 Å². The largest absolute Gasteiger partial charge is 0.492 e. The third-order valence-electron chi connectivity index (χ3n) is 23.6. The minimum absolute atomic E-state index is 0.0154. The van der Waals surface area contributed by atoms with Crippen molar-refractivity contribution >= 4 is 56.0 Å². The van der Waals surface area contributed by atoms with Crippen LogP contribution in [0, 0.1) is 46.9 Å². The van der Waals surface area contributed by atoms with Crippen molar-refractivity contribution in [3.8, 4) is 46.0 Å². The van der Waals surface area contributed by atoms with E-state index in [9.17, 15) is 36.7 Å². The smallest absolute Gasteiger partial charge is 0.200 e. The van der Waals surface area contributed by atoms with E-state index in [0.717, 1.165) is 115 Å². The van der Waals surface area contributed by atoms with Crippen LogP contribution >= 0.6 is 0 Å². The van der Waals surface area contributed by atoms with Crippen molar-refractivity contribution in [1.82, 2.24) is 37.2 Å². The van der Waals surface area contributed by atoms with Gasteiger partial charge in [0, 0.05) is 181 Å². The van der Waals surface area contributed by atoms with Crippen LogP contribution in [0.1, 0.15) is 319 Å². The molecule has 3 aliphatic rings. The second kappa shape index (κ2) is 59.5. The van der Waals surface area contributed by atoms with Crippen LogP contribution in [0.15, 0.2) is 159 Å². The molecule has 10 aromatic rings. The number of hydrogen-bond acceptors (Lipinski definition) is 22. The number of rotatable bonds is 45. The van der Waals surface area contributed by atoms with Gasteiger partial charge in [-0.2, -0.15) is 0 Å². The van der Waals surface area contributed by atoms with E-state index in [0.29, 0.717) is 148 Å². The second-order valence-corrected chi connectivity index (χ2v) is 42.8. The van der Waals surface area contributed by atoms with Crippen molar-refractivity contribution in [2.24, 2.45) is 23.7 Å². The zero-order chi connectivity index (χ0) is 107. The highest BCUT2D eigenvalue weighted by Crippen LogP contribution is 2.36. The first-order valence-electron chi connectivity index (χ1n) is 52.2. The lowest BCUT2D eigenvalue weighted by Gasteiger charge is -2.37. The number of ether oxygens (including phenoxy) is 8. The molecule has 0 amide bonds.